The van der Waals surface area contributed by atoms with Crippen LogP contribution < -0.4 is 21.3 Å². The summed E-state index contributed by atoms with van der Waals surface area (Å²) in [6, 6.07) is 5.30. The average Bonchev–Trinajstić information content (AvgIpc) is 2.38. The molecule has 0 radical (unpaired) electrons. The molecule has 0 fully saturated rings. The van der Waals surface area contributed by atoms with Crippen LogP contribution in [0.25, 0.3) is 0 Å². The summed E-state index contributed by atoms with van der Waals surface area (Å²) >= 11 is 6.01. The first-order valence-corrected chi connectivity index (χ1v) is 5.69. The van der Waals surface area contributed by atoms with Crippen LogP contribution in [0.3, 0.4) is 0 Å². The van der Waals surface area contributed by atoms with Crippen molar-refractivity contribution in [2.45, 2.75) is 0 Å². The highest BCUT2D eigenvalue weighted by molar-refractivity contribution is 6.32. The molecule has 100 valence electrons. The number of ether oxygens (including phenoxy) is 2. The molecule has 0 bridgehead atoms. The molecule has 0 aliphatic carbocycles. The summed E-state index contributed by atoms with van der Waals surface area (Å²) in [7, 11) is 3.18. The molecule has 7 heteroatoms. The molecule has 0 heterocycles. The molecule has 18 heavy (non-hydrogen) atoms. The summed E-state index contributed by atoms with van der Waals surface area (Å²) in [5, 5.41) is 3.51. The van der Waals surface area contributed by atoms with Gasteiger partial charge in [0.05, 0.1) is 25.3 Å². The number of nitrogens with one attached hydrogen (secondary N) is 2. The van der Waals surface area contributed by atoms with E-state index < -0.39 is 0 Å². The number of nitrogens with zero attached hydrogens (tertiary/aromatic N) is 1. The Morgan fingerprint density at radius 2 is 2.22 bits per heavy atom. The van der Waals surface area contributed by atoms with Gasteiger partial charge in [0, 0.05) is 12.8 Å². The number of anilines is 1. The molecule has 4 N–H and O–H groups in total. The van der Waals surface area contributed by atoms with Crippen LogP contribution >= 0.6 is 11.6 Å². The van der Waals surface area contributed by atoms with E-state index in [9.17, 15) is 0 Å². The number of benzene rings is 1. The molecular weight excluding hydrogens is 256 g/mol. The Balaban J connectivity index is 2.70. The van der Waals surface area contributed by atoms with Crippen molar-refractivity contribution < 1.29 is 9.47 Å². The summed E-state index contributed by atoms with van der Waals surface area (Å²) in [6.45, 7) is 1.03. The van der Waals surface area contributed by atoms with Gasteiger partial charge in [-0.05, 0) is 18.2 Å². The lowest BCUT2D eigenvalue weighted by Gasteiger charge is -2.10. The topological polar surface area (TPSA) is 80.9 Å². The fraction of sp³-hybridized carbons (Fsp3) is 0.364. The van der Waals surface area contributed by atoms with Crippen LogP contribution in [0.4, 0.5) is 5.69 Å². The average molecular weight is 273 g/mol. The Bertz CT molecular complexity index is 412. The second-order valence-electron chi connectivity index (χ2n) is 3.34. The third-order valence-electron chi connectivity index (χ3n) is 2.12. The fourth-order valence-corrected chi connectivity index (χ4v) is 1.51. The van der Waals surface area contributed by atoms with Crippen LogP contribution in [-0.4, -0.2) is 33.3 Å². The molecule has 6 nitrogen and oxygen atoms in total. The lowest BCUT2D eigenvalue weighted by Crippen LogP contribution is -2.36. The Kier molecular flexibility index (Phi) is 6.27. The van der Waals surface area contributed by atoms with E-state index in [0.29, 0.717) is 29.9 Å². The van der Waals surface area contributed by atoms with Gasteiger partial charge < -0.3 is 14.8 Å². The summed E-state index contributed by atoms with van der Waals surface area (Å²) in [4.78, 5) is 4.17. The first kappa shape index (κ1) is 14.6. The third-order valence-corrected chi connectivity index (χ3v) is 2.41. The van der Waals surface area contributed by atoms with Gasteiger partial charge in [-0.2, -0.15) is 0 Å². The highest BCUT2D eigenvalue weighted by atomic mass is 35.5. The molecule has 0 aliphatic rings. The quantitative estimate of drug-likeness (QED) is 0.247. The zero-order chi connectivity index (χ0) is 13.4. The summed E-state index contributed by atoms with van der Waals surface area (Å²) in [5.41, 5.74) is 3.23. The molecule has 0 saturated heterocycles. The number of methoxy groups -OCH3 is 2. The number of aliphatic imine (C=N–C) groups is 1. The fourth-order valence-electron chi connectivity index (χ4n) is 1.25. The number of hydrazine groups is 1. The molecule has 0 aliphatic heterocycles. The predicted molar refractivity (Wildman–Crippen MR) is 73.1 cm³/mol. The zero-order valence-corrected chi connectivity index (χ0v) is 11.1. The molecule has 0 spiro atoms. The molecule has 1 aromatic carbocycles. The van der Waals surface area contributed by atoms with Gasteiger partial charge >= 0.3 is 0 Å². The molecule has 0 aromatic heterocycles. The Morgan fingerprint density at radius 1 is 1.44 bits per heavy atom. The minimum absolute atomic E-state index is 0.438. The van der Waals surface area contributed by atoms with Gasteiger partial charge in [-0.25, -0.2) is 10.8 Å². The number of rotatable bonds is 5. The minimum Gasteiger partial charge on any atom is -0.495 e. The van der Waals surface area contributed by atoms with Crippen LogP contribution in [0.5, 0.6) is 5.75 Å². The van der Waals surface area contributed by atoms with Crippen molar-refractivity contribution in [3.63, 3.8) is 0 Å². The van der Waals surface area contributed by atoms with Crippen molar-refractivity contribution in [1.29, 1.82) is 0 Å². The number of hydrogen-bond donors (Lipinski definition) is 3. The van der Waals surface area contributed by atoms with Gasteiger partial charge in [0.1, 0.15) is 5.75 Å². The Morgan fingerprint density at radius 3 is 2.78 bits per heavy atom. The maximum absolute atomic E-state index is 6.01. The first-order valence-electron chi connectivity index (χ1n) is 5.31. The molecule has 0 amide bonds. The molecule has 0 saturated carbocycles. The van der Waals surface area contributed by atoms with Gasteiger partial charge in [0.25, 0.3) is 0 Å². The van der Waals surface area contributed by atoms with Crippen molar-refractivity contribution in [2.24, 2.45) is 10.8 Å². The van der Waals surface area contributed by atoms with Crippen LogP contribution in [0.15, 0.2) is 23.2 Å². The lowest BCUT2D eigenvalue weighted by atomic mass is 10.3. The third kappa shape index (κ3) is 4.40. The molecular formula is C11H17ClN4O2. The molecule has 0 atom stereocenters. The molecule has 1 aromatic rings. The van der Waals surface area contributed by atoms with E-state index >= 15 is 0 Å². The van der Waals surface area contributed by atoms with E-state index in [1.54, 1.807) is 26.4 Å². The minimum atomic E-state index is 0.438. The van der Waals surface area contributed by atoms with Crippen LogP contribution in [0.2, 0.25) is 5.02 Å². The number of nitrogens with two attached hydrogens (primary N) is 1. The first-order chi connectivity index (χ1) is 8.71. The van der Waals surface area contributed by atoms with Crippen LogP contribution in [-0.2, 0) is 4.74 Å². The second kappa shape index (κ2) is 7.75. The van der Waals surface area contributed by atoms with Gasteiger partial charge in [-0.15, -0.1) is 0 Å². The van der Waals surface area contributed by atoms with Crippen molar-refractivity contribution in [1.82, 2.24) is 5.43 Å². The monoisotopic (exact) mass is 272 g/mol. The van der Waals surface area contributed by atoms with E-state index in [-0.39, 0.29) is 0 Å². The number of hydrogen-bond acceptors (Lipinski definition) is 4. The van der Waals surface area contributed by atoms with E-state index in [1.807, 2.05) is 6.07 Å². The SMILES string of the molecule is COCCN=C(NN)Nc1ccc(OC)c(Cl)c1. The van der Waals surface area contributed by atoms with Crippen molar-refractivity contribution in [2.75, 3.05) is 32.7 Å². The van der Waals surface area contributed by atoms with Gasteiger partial charge in [-0.3, -0.25) is 5.43 Å². The number of halogens is 1. The summed E-state index contributed by atoms with van der Waals surface area (Å²) in [5.74, 6) is 6.41. The lowest BCUT2D eigenvalue weighted by molar-refractivity contribution is 0.208. The predicted octanol–water partition coefficient (Wildman–Crippen LogP) is 1.23. The largest absolute Gasteiger partial charge is 0.495 e. The van der Waals surface area contributed by atoms with E-state index in [4.69, 9.17) is 26.9 Å². The normalized spacial score (nSPS) is 11.2. The maximum atomic E-state index is 6.01. The standard InChI is InChI=1S/C11H17ClN4O2/c1-17-6-5-14-11(16-13)15-8-3-4-10(18-2)9(12)7-8/h3-4,7H,5-6,13H2,1-2H3,(H2,14,15,16). The smallest absolute Gasteiger partial charge is 0.210 e. The zero-order valence-electron chi connectivity index (χ0n) is 10.4. The van der Waals surface area contributed by atoms with E-state index in [0.717, 1.165) is 5.69 Å². The van der Waals surface area contributed by atoms with Crippen molar-refractivity contribution >= 4 is 23.2 Å². The van der Waals surface area contributed by atoms with Crippen LogP contribution in [0, 0.1) is 0 Å². The van der Waals surface area contributed by atoms with Crippen molar-refractivity contribution in [3.05, 3.63) is 23.2 Å². The Labute approximate surface area is 111 Å². The maximum Gasteiger partial charge on any atom is 0.210 e. The van der Waals surface area contributed by atoms with Crippen LogP contribution in [0.1, 0.15) is 0 Å². The van der Waals surface area contributed by atoms with Gasteiger partial charge in [0.2, 0.25) is 5.96 Å². The number of guanidine groups is 1. The van der Waals surface area contributed by atoms with Gasteiger partial charge in [0.15, 0.2) is 0 Å². The van der Waals surface area contributed by atoms with E-state index in [1.165, 1.54) is 0 Å². The second-order valence-corrected chi connectivity index (χ2v) is 3.75. The highest BCUT2D eigenvalue weighted by Crippen LogP contribution is 2.26. The Hall–Kier alpha value is -1.50. The summed E-state index contributed by atoms with van der Waals surface area (Å²) in [6.07, 6.45) is 0. The molecule has 1 rings (SSSR count). The van der Waals surface area contributed by atoms with Crippen molar-refractivity contribution in [3.8, 4) is 5.75 Å². The summed E-state index contributed by atoms with van der Waals surface area (Å²) < 4.78 is 9.96. The molecule has 0 unspecified atom stereocenters. The van der Waals surface area contributed by atoms with Gasteiger partial charge in [-0.1, -0.05) is 11.6 Å². The highest BCUT2D eigenvalue weighted by Gasteiger charge is 2.03. The van der Waals surface area contributed by atoms with E-state index in [2.05, 4.69) is 15.7 Å².